The molecule has 0 fully saturated rings. The maximum Gasteiger partial charge on any atom is 0.127 e. The second kappa shape index (κ2) is 7.72. The number of benzene rings is 1. The summed E-state index contributed by atoms with van der Waals surface area (Å²) in [7, 11) is 0. The number of hydrogen-bond donors (Lipinski definition) is 1. The van der Waals surface area contributed by atoms with E-state index in [2.05, 4.69) is 17.1 Å². The van der Waals surface area contributed by atoms with Gasteiger partial charge in [-0.25, -0.2) is 4.39 Å². The van der Waals surface area contributed by atoms with Crippen molar-refractivity contribution in [3.8, 4) is 11.1 Å². The first-order chi connectivity index (χ1) is 9.22. The van der Waals surface area contributed by atoms with Crippen LogP contribution in [0, 0.1) is 12.7 Å². The number of H-pyrrole nitrogens is 1. The molecule has 0 amide bonds. The van der Waals surface area contributed by atoms with Gasteiger partial charge >= 0.3 is 0 Å². The quantitative estimate of drug-likeness (QED) is 0.834. The summed E-state index contributed by atoms with van der Waals surface area (Å²) < 4.78 is 14.0. The lowest BCUT2D eigenvalue weighted by molar-refractivity contribution is 0.603. The van der Waals surface area contributed by atoms with Crippen LogP contribution in [0.15, 0.2) is 24.5 Å². The number of nitrogens with zero attached hydrogens (tertiary/aromatic N) is 1. The van der Waals surface area contributed by atoms with E-state index < -0.39 is 0 Å². The van der Waals surface area contributed by atoms with Crippen LogP contribution in [0.25, 0.3) is 11.1 Å². The molecule has 0 aliphatic carbocycles. The fourth-order valence-corrected chi connectivity index (χ4v) is 2.04. The molecule has 3 heteroatoms. The van der Waals surface area contributed by atoms with Crippen LogP contribution in [0.5, 0.6) is 0 Å². The van der Waals surface area contributed by atoms with Crippen LogP contribution in [0.1, 0.15) is 44.7 Å². The lowest BCUT2D eigenvalue weighted by Crippen LogP contribution is -1.96. The largest absolute Gasteiger partial charge is 0.285 e. The molecule has 1 N–H and O–H groups in total. The van der Waals surface area contributed by atoms with Crippen molar-refractivity contribution in [2.45, 2.75) is 47.0 Å². The standard InChI is InChI=1S/C14H17FN2.C2H6/c1-3-4-5-12-13(11-8-16-17-9-11)6-10(2)7-14(12)15;1-2/h6-9H,3-5H2,1-2H3,(H,16,17);1-2H3. The Morgan fingerprint density at radius 1 is 1.26 bits per heavy atom. The van der Waals surface area contributed by atoms with Crippen molar-refractivity contribution in [1.29, 1.82) is 0 Å². The van der Waals surface area contributed by atoms with Crippen LogP contribution in [0.3, 0.4) is 0 Å². The van der Waals surface area contributed by atoms with Gasteiger partial charge in [-0.05, 0) is 42.5 Å². The lowest BCUT2D eigenvalue weighted by atomic mass is 9.95. The molecule has 104 valence electrons. The van der Waals surface area contributed by atoms with Crippen molar-refractivity contribution in [1.82, 2.24) is 10.2 Å². The van der Waals surface area contributed by atoms with Gasteiger partial charge in [0.1, 0.15) is 5.82 Å². The number of hydrogen-bond acceptors (Lipinski definition) is 1. The molecule has 1 heterocycles. The van der Waals surface area contributed by atoms with E-state index in [-0.39, 0.29) is 5.82 Å². The van der Waals surface area contributed by atoms with Gasteiger partial charge in [-0.2, -0.15) is 5.10 Å². The third-order valence-electron chi connectivity index (χ3n) is 2.93. The van der Waals surface area contributed by atoms with Crippen LogP contribution >= 0.6 is 0 Å². The van der Waals surface area contributed by atoms with Crippen LogP contribution in [0.2, 0.25) is 0 Å². The lowest BCUT2D eigenvalue weighted by Gasteiger charge is -2.10. The molecule has 19 heavy (non-hydrogen) atoms. The molecule has 0 atom stereocenters. The third kappa shape index (κ3) is 3.91. The van der Waals surface area contributed by atoms with E-state index in [0.717, 1.165) is 41.5 Å². The molecule has 0 unspecified atom stereocenters. The predicted octanol–water partition coefficient (Wildman–Crippen LogP) is 4.89. The smallest absolute Gasteiger partial charge is 0.127 e. The van der Waals surface area contributed by atoms with Gasteiger partial charge in [0.15, 0.2) is 0 Å². The zero-order valence-electron chi connectivity index (χ0n) is 12.3. The average Bonchev–Trinajstić information content (AvgIpc) is 2.93. The molecule has 0 radical (unpaired) electrons. The molecule has 0 spiro atoms. The van der Waals surface area contributed by atoms with E-state index in [4.69, 9.17) is 0 Å². The minimum Gasteiger partial charge on any atom is -0.285 e. The Morgan fingerprint density at radius 3 is 2.58 bits per heavy atom. The summed E-state index contributed by atoms with van der Waals surface area (Å²) in [6, 6.07) is 3.63. The second-order valence-electron chi connectivity index (χ2n) is 4.36. The highest BCUT2D eigenvalue weighted by atomic mass is 19.1. The molecule has 2 aromatic rings. The van der Waals surface area contributed by atoms with Crippen molar-refractivity contribution in [2.24, 2.45) is 0 Å². The number of halogens is 1. The number of rotatable bonds is 4. The van der Waals surface area contributed by atoms with Crippen LogP contribution in [-0.2, 0) is 6.42 Å². The first-order valence-electron chi connectivity index (χ1n) is 7.00. The highest BCUT2D eigenvalue weighted by molar-refractivity contribution is 5.67. The second-order valence-corrected chi connectivity index (χ2v) is 4.36. The molecule has 0 aliphatic rings. The fraction of sp³-hybridized carbons (Fsp3) is 0.438. The number of aromatic nitrogens is 2. The van der Waals surface area contributed by atoms with Gasteiger partial charge in [0.2, 0.25) is 0 Å². The minimum absolute atomic E-state index is 0.102. The minimum atomic E-state index is -0.102. The van der Waals surface area contributed by atoms with Crippen LogP contribution < -0.4 is 0 Å². The normalized spacial score (nSPS) is 9.95. The van der Waals surface area contributed by atoms with E-state index in [9.17, 15) is 4.39 Å². The molecular formula is C16H23FN2. The van der Waals surface area contributed by atoms with Gasteiger partial charge in [-0.3, -0.25) is 5.10 Å². The van der Waals surface area contributed by atoms with Crippen molar-refractivity contribution in [3.05, 3.63) is 41.5 Å². The summed E-state index contributed by atoms with van der Waals surface area (Å²) in [5.41, 5.74) is 3.67. The molecule has 0 saturated carbocycles. The predicted molar refractivity (Wildman–Crippen MR) is 78.7 cm³/mol. The van der Waals surface area contributed by atoms with E-state index in [1.54, 1.807) is 12.3 Å². The van der Waals surface area contributed by atoms with Gasteiger partial charge in [-0.1, -0.05) is 33.3 Å². The van der Waals surface area contributed by atoms with Gasteiger partial charge in [0.05, 0.1) is 6.20 Å². The van der Waals surface area contributed by atoms with E-state index >= 15 is 0 Å². The first kappa shape index (κ1) is 15.4. The number of nitrogens with one attached hydrogen (secondary N) is 1. The number of unbranched alkanes of at least 4 members (excludes halogenated alkanes) is 1. The van der Waals surface area contributed by atoms with E-state index in [1.165, 1.54) is 0 Å². The number of aryl methyl sites for hydroxylation is 1. The Labute approximate surface area is 115 Å². The van der Waals surface area contributed by atoms with Crippen molar-refractivity contribution in [3.63, 3.8) is 0 Å². The van der Waals surface area contributed by atoms with E-state index in [1.807, 2.05) is 33.0 Å². The van der Waals surface area contributed by atoms with Gasteiger partial charge < -0.3 is 0 Å². The Balaban J connectivity index is 0.000000861. The topological polar surface area (TPSA) is 28.7 Å². The zero-order chi connectivity index (χ0) is 14.3. The maximum absolute atomic E-state index is 14.0. The Kier molecular flexibility index (Phi) is 6.26. The Bertz CT molecular complexity index is 490. The summed E-state index contributed by atoms with van der Waals surface area (Å²) in [5, 5.41) is 6.71. The monoisotopic (exact) mass is 262 g/mol. The summed E-state index contributed by atoms with van der Waals surface area (Å²) in [4.78, 5) is 0. The van der Waals surface area contributed by atoms with Crippen molar-refractivity contribution < 1.29 is 4.39 Å². The van der Waals surface area contributed by atoms with Gasteiger partial charge in [0, 0.05) is 11.8 Å². The highest BCUT2D eigenvalue weighted by Gasteiger charge is 2.11. The first-order valence-corrected chi connectivity index (χ1v) is 7.00. The van der Waals surface area contributed by atoms with Gasteiger partial charge in [0.25, 0.3) is 0 Å². The van der Waals surface area contributed by atoms with Crippen molar-refractivity contribution >= 4 is 0 Å². The van der Waals surface area contributed by atoms with Crippen LogP contribution in [0.4, 0.5) is 4.39 Å². The third-order valence-corrected chi connectivity index (χ3v) is 2.93. The molecule has 1 aromatic heterocycles. The molecule has 2 rings (SSSR count). The average molecular weight is 262 g/mol. The summed E-state index contributed by atoms with van der Waals surface area (Å²) >= 11 is 0. The molecule has 1 aromatic carbocycles. The Hall–Kier alpha value is -1.64. The number of aromatic amines is 1. The fourth-order valence-electron chi connectivity index (χ4n) is 2.04. The highest BCUT2D eigenvalue weighted by Crippen LogP contribution is 2.27. The molecular weight excluding hydrogens is 239 g/mol. The Morgan fingerprint density at radius 2 is 2.00 bits per heavy atom. The zero-order valence-corrected chi connectivity index (χ0v) is 12.3. The molecule has 0 bridgehead atoms. The summed E-state index contributed by atoms with van der Waals surface area (Å²) in [6.07, 6.45) is 6.40. The molecule has 2 nitrogen and oxygen atoms in total. The van der Waals surface area contributed by atoms with Crippen LogP contribution in [-0.4, -0.2) is 10.2 Å². The summed E-state index contributed by atoms with van der Waals surface area (Å²) in [6.45, 7) is 8.03. The van der Waals surface area contributed by atoms with Gasteiger partial charge in [-0.15, -0.1) is 0 Å². The summed E-state index contributed by atoms with van der Waals surface area (Å²) in [5.74, 6) is -0.102. The maximum atomic E-state index is 14.0. The van der Waals surface area contributed by atoms with Crippen molar-refractivity contribution in [2.75, 3.05) is 0 Å². The molecule has 0 saturated heterocycles. The molecule has 0 aliphatic heterocycles. The van der Waals surface area contributed by atoms with E-state index in [0.29, 0.717) is 0 Å². The SMILES string of the molecule is CC.CCCCc1c(F)cc(C)cc1-c1cn[nH]c1.